The van der Waals surface area contributed by atoms with E-state index in [9.17, 15) is 40.3 Å². The molecule has 3 heterocycles. The lowest BCUT2D eigenvalue weighted by Crippen LogP contribution is -2.57. The minimum atomic E-state index is -5.01. The van der Waals surface area contributed by atoms with Gasteiger partial charge in [-0.1, -0.05) is 6.07 Å². The van der Waals surface area contributed by atoms with Gasteiger partial charge in [0.05, 0.1) is 23.2 Å². The summed E-state index contributed by atoms with van der Waals surface area (Å²) in [5.41, 5.74) is -1.84. The number of alkyl halides is 6. The van der Waals surface area contributed by atoms with Crippen LogP contribution in [0.1, 0.15) is 72.5 Å². The predicted octanol–water partition coefficient (Wildman–Crippen LogP) is 6.80. The fraction of sp³-hybridized carbons (Fsp3) is 0.548. The van der Waals surface area contributed by atoms with Crippen molar-refractivity contribution >= 4 is 11.9 Å². The number of urea groups is 1. The number of carbonyl (C=O) groups is 2. The van der Waals surface area contributed by atoms with Crippen LogP contribution >= 0.6 is 0 Å². The number of amides is 3. The number of fused-ring (bicyclic) bond motifs is 1. The van der Waals surface area contributed by atoms with Gasteiger partial charge >= 0.3 is 18.4 Å². The van der Waals surface area contributed by atoms with Crippen molar-refractivity contribution in [1.82, 2.24) is 19.6 Å². The smallest absolute Gasteiger partial charge is 0.337 e. The number of benzene rings is 2. The third-order valence-corrected chi connectivity index (χ3v) is 9.43. The summed E-state index contributed by atoms with van der Waals surface area (Å²) in [5, 5.41) is 0. The van der Waals surface area contributed by atoms with Gasteiger partial charge in [-0.3, -0.25) is 9.69 Å². The number of rotatable bonds is 4. The maximum absolute atomic E-state index is 14.1. The van der Waals surface area contributed by atoms with E-state index in [4.69, 9.17) is 0 Å². The Hall–Kier alpha value is -3.35. The minimum absolute atomic E-state index is 0.0619. The lowest BCUT2D eigenvalue weighted by Gasteiger charge is -2.48. The van der Waals surface area contributed by atoms with E-state index in [0.29, 0.717) is 56.6 Å². The average molecular weight is 629 g/mol. The van der Waals surface area contributed by atoms with Gasteiger partial charge < -0.3 is 14.7 Å². The molecule has 2 aromatic carbocycles. The molecule has 0 saturated carbocycles. The van der Waals surface area contributed by atoms with Crippen LogP contribution < -0.4 is 0 Å². The van der Waals surface area contributed by atoms with Crippen molar-refractivity contribution in [2.45, 2.75) is 76.1 Å². The molecule has 0 radical (unpaired) electrons. The Bertz CT molecular complexity index is 1380. The van der Waals surface area contributed by atoms with Gasteiger partial charge in [0.1, 0.15) is 5.82 Å². The molecule has 3 aliphatic heterocycles. The van der Waals surface area contributed by atoms with Gasteiger partial charge in [0.2, 0.25) is 5.91 Å². The van der Waals surface area contributed by atoms with Gasteiger partial charge in [-0.25, -0.2) is 9.18 Å². The Morgan fingerprint density at radius 2 is 1.59 bits per heavy atom. The van der Waals surface area contributed by atoms with Crippen LogP contribution in [0.25, 0.3) is 0 Å². The van der Waals surface area contributed by atoms with E-state index in [0.717, 1.165) is 16.9 Å². The lowest BCUT2D eigenvalue weighted by molar-refractivity contribution is -0.143. The zero-order valence-electron chi connectivity index (χ0n) is 24.7. The molecule has 0 aliphatic carbocycles. The van der Waals surface area contributed by atoms with E-state index in [1.165, 1.54) is 26.1 Å². The van der Waals surface area contributed by atoms with Crippen molar-refractivity contribution in [1.29, 1.82) is 0 Å². The molecular formula is C31H35F7N4O2. The molecule has 240 valence electrons. The topological polar surface area (TPSA) is 47.1 Å². The molecule has 3 fully saturated rings. The van der Waals surface area contributed by atoms with Crippen molar-refractivity contribution in [3.63, 3.8) is 0 Å². The molecule has 6 nitrogen and oxygen atoms in total. The van der Waals surface area contributed by atoms with Gasteiger partial charge in [-0.2, -0.15) is 26.3 Å². The van der Waals surface area contributed by atoms with Crippen LogP contribution in [-0.4, -0.2) is 76.8 Å². The van der Waals surface area contributed by atoms with Crippen LogP contribution in [0.2, 0.25) is 0 Å². The number of carbonyl (C=O) groups excluding carboxylic acids is 2. The van der Waals surface area contributed by atoms with Crippen LogP contribution in [0.4, 0.5) is 35.5 Å². The highest BCUT2D eigenvalue weighted by Crippen LogP contribution is 2.40. The number of piperazine rings is 1. The largest absolute Gasteiger partial charge is 0.416 e. The molecule has 4 atom stereocenters. The van der Waals surface area contributed by atoms with E-state index in [1.54, 1.807) is 17.9 Å². The molecule has 0 bridgehead atoms. The first-order valence-electron chi connectivity index (χ1n) is 14.7. The maximum atomic E-state index is 14.1. The first-order chi connectivity index (χ1) is 20.5. The molecule has 1 unspecified atom stereocenters. The van der Waals surface area contributed by atoms with Gasteiger partial charge in [-0.15, -0.1) is 0 Å². The average Bonchev–Trinajstić information content (AvgIpc) is 3.34. The molecule has 3 aliphatic rings. The lowest BCUT2D eigenvalue weighted by atomic mass is 9.88. The number of nitrogens with zero attached hydrogens (tertiary/aromatic N) is 4. The first kappa shape index (κ1) is 32.1. The van der Waals surface area contributed by atoms with Crippen molar-refractivity contribution in [2.24, 2.45) is 0 Å². The summed E-state index contributed by atoms with van der Waals surface area (Å²) in [6, 6.07) is 3.68. The number of halogens is 7. The van der Waals surface area contributed by atoms with Crippen molar-refractivity contribution < 1.29 is 40.3 Å². The highest BCUT2D eigenvalue weighted by atomic mass is 19.4. The van der Waals surface area contributed by atoms with Crippen molar-refractivity contribution in [3.8, 4) is 0 Å². The molecule has 0 spiro atoms. The molecule has 2 aromatic rings. The summed E-state index contributed by atoms with van der Waals surface area (Å²) in [6.07, 6.45) is -7.60. The van der Waals surface area contributed by atoms with Crippen LogP contribution in [0.15, 0.2) is 36.4 Å². The molecule has 5 rings (SSSR count). The van der Waals surface area contributed by atoms with E-state index in [-0.39, 0.29) is 36.2 Å². The van der Waals surface area contributed by atoms with Crippen molar-refractivity contribution in [2.75, 3.05) is 33.2 Å². The van der Waals surface area contributed by atoms with Gasteiger partial charge in [0, 0.05) is 51.7 Å². The highest BCUT2D eigenvalue weighted by Gasteiger charge is 2.43. The Labute approximate surface area is 251 Å². The molecule has 3 saturated heterocycles. The highest BCUT2D eigenvalue weighted by molar-refractivity contribution is 5.79. The molecule has 0 aromatic heterocycles. The summed E-state index contributed by atoms with van der Waals surface area (Å²) < 4.78 is 95.2. The van der Waals surface area contributed by atoms with E-state index in [1.807, 2.05) is 4.90 Å². The fourth-order valence-electron chi connectivity index (χ4n) is 6.85. The minimum Gasteiger partial charge on any atom is -0.337 e. The third kappa shape index (κ3) is 6.38. The summed E-state index contributed by atoms with van der Waals surface area (Å²) in [6.45, 7) is 5.43. The van der Waals surface area contributed by atoms with E-state index < -0.39 is 47.4 Å². The number of hydrogen-bond acceptors (Lipinski definition) is 3. The molecular weight excluding hydrogens is 593 g/mol. The van der Waals surface area contributed by atoms with E-state index >= 15 is 0 Å². The van der Waals surface area contributed by atoms with Gasteiger partial charge in [0.15, 0.2) is 0 Å². The number of hydrogen-bond donors (Lipinski definition) is 0. The number of piperidine rings is 1. The summed E-state index contributed by atoms with van der Waals surface area (Å²) in [5.74, 6) is -0.274. The molecule has 0 N–H and O–H groups in total. The van der Waals surface area contributed by atoms with Gasteiger partial charge in [-0.05, 0) is 80.1 Å². The Kier molecular flexibility index (Phi) is 8.65. The SMILES string of the molecule is Cc1cc(F)ccc1C1C[C@@H](N2CCN3C(=O)CC[C@H]3C2)CCN1C(=O)N(C)[C@H](C)c1cc(C(F)(F)F)cc(C(F)(F)F)c1. The first-order valence-corrected chi connectivity index (χ1v) is 14.7. The molecule has 3 amide bonds. The Morgan fingerprint density at radius 1 is 0.932 bits per heavy atom. The quantitative estimate of drug-likeness (QED) is 0.350. The van der Waals surface area contributed by atoms with Crippen LogP contribution in [0, 0.1) is 12.7 Å². The zero-order chi connectivity index (χ0) is 32.1. The number of likely N-dealkylation sites (tertiary alicyclic amines) is 1. The van der Waals surface area contributed by atoms with Crippen LogP contribution in [0.5, 0.6) is 0 Å². The summed E-state index contributed by atoms with van der Waals surface area (Å²) >= 11 is 0. The van der Waals surface area contributed by atoms with E-state index in [2.05, 4.69) is 4.90 Å². The van der Waals surface area contributed by atoms with Crippen molar-refractivity contribution in [3.05, 3.63) is 70.0 Å². The zero-order valence-corrected chi connectivity index (χ0v) is 24.7. The number of aryl methyl sites for hydroxylation is 1. The second-order valence-corrected chi connectivity index (χ2v) is 12.1. The monoisotopic (exact) mass is 628 g/mol. The standard InChI is InChI=1S/C31H35F7N4O2/c1-18-12-23(32)4-6-26(18)27-16-24(40-10-11-41-25(17-40)5-7-28(41)43)8-9-42(27)29(44)39(3)19(2)20-13-21(30(33,34)35)15-22(14-20)31(36,37)38/h4,6,12-15,19,24-25,27H,5,7-11,16-17H2,1-3H3/t19-,24+,25+,27?/m1/s1. The Balaban J connectivity index is 1.42. The fourth-order valence-corrected chi connectivity index (χ4v) is 6.85. The maximum Gasteiger partial charge on any atom is 0.416 e. The summed E-state index contributed by atoms with van der Waals surface area (Å²) in [7, 11) is 1.36. The molecule has 44 heavy (non-hydrogen) atoms. The second kappa shape index (κ2) is 11.9. The second-order valence-electron chi connectivity index (χ2n) is 12.1. The van der Waals surface area contributed by atoms with Crippen LogP contribution in [-0.2, 0) is 17.1 Å². The predicted molar refractivity (Wildman–Crippen MR) is 148 cm³/mol. The normalized spacial score (nSPS) is 24.0. The third-order valence-electron chi connectivity index (χ3n) is 9.43. The van der Waals surface area contributed by atoms with Crippen LogP contribution in [0.3, 0.4) is 0 Å². The molecule has 13 heteroatoms. The summed E-state index contributed by atoms with van der Waals surface area (Å²) in [4.78, 5) is 33.2. The Morgan fingerprint density at radius 3 is 2.20 bits per heavy atom. The van der Waals surface area contributed by atoms with Gasteiger partial charge in [0.25, 0.3) is 0 Å².